The fourth-order valence-electron chi connectivity index (χ4n) is 2.32. The van der Waals surface area contributed by atoms with E-state index < -0.39 is 18.2 Å². The molecule has 1 aromatic rings. The van der Waals surface area contributed by atoms with Crippen molar-refractivity contribution in [3.05, 3.63) is 35.4 Å². The van der Waals surface area contributed by atoms with Gasteiger partial charge in [0.2, 0.25) is 0 Å². The Kier molecular flexibility index (Phi) is 5.48. The maximum atomic E-state index is 12.1. The molecule has 0 saturated heterocycles. The molecule has 0 fully saturated rings. The van der Waals surface area contributed by atoms with Crippen LogP contribution in [0, 0.1) is 0 Å². The molecule has 21 heavy (non-hydrogen) atoms. The van der Waals surface area contributed by atoms with Crippen molar-refractivity contribution in [2.45, 2.75) is 70.6 Å². The van der Waals surface area contributed by atoms with Crippen LogP contribution in [0.4, 0.5) is 13.2 Å². The monoisotopic (exact) mass is 302 g/mol. The summed E-state index contributed by atoms with van der Waals surface area (Å²) in [5.41, 5.74) is 1.10. The van der Waals surface area contributed by atoms with Crippen molar-refractivity contribution in [3.63, 3.8) is 0 Å². The summed E-state index contributed by atoms with van der Waals surface area (Å²) < 4.78 is 36.4. The Morgan fingerprint density at radius 3 is 1.86 bits per heavy atom. The van der Waals surface area contributed by atoms with Crippen molar-refractivity contribution in [3.8, 4) is 0 Å². The van der Waals surface area contributed by atoms with Crippen LogP contribution in [-0.4, -0.2) is 16.9 Å². The molecule has 1 N–H and O–H groups in total. The van der Waals surface area contributed by atoms with Gasteiger partial charge in [-0.2, -0.15) is 13.2 Å². The molecule has 1 unspecified atom stereocenters. The summed E-state index contributed by atoms with van der Waals surface area (Å²) in [7, 11) is 0. The Bertz CT molecular complexity index is 439. The van der Waals surface area contributed by atoms with Crippen LogP contribution in [0.15, 0.2) is 24.3 Å². The van der Waals surface area contributed by atoms with E-state index in [1.165, 1.54) is 5.56 Å². The molecule has 0 aliphatic heterocycles. The van der Waals surface area contributed by atoms with E-state index in [2.05, 4.69) is 20.8 Å². The predicted octanol–water partition coefficient (Wildman–Crippen LogP) is 5.01. The lowest BCUT2D eigenvalue weighted by Crippen LogP contribution is -2.27. The van der Waals surface area contributed by atoms with Crippen LogP contribution >= 0.6 is 0 Å². The molecular formula is C17H25F3O. The number of rotatable bonds is 5. The van der Waals surface area contributed by atoms with Gasteiger partial charge in [0.15, 0.2) is 0 Å². The van der Waals surface area contributed by atoms with E-state index in [0.717, 1.165) is 5.56 Å². The third-order valence-corrected chi connectivity index (χ3v) is 3.58. The third-order valence-electron chi connectivity index (χ3n) is 3.58. The molecule has 0 aliphatic rings. The first-order valence-electron chi connectivity index (χ1n) is 7.28. The van der Waals surface area contributed by atoms with E-state index >= 15 is 0 Å². The van der Waals surface area contributed by atoms with Gasteiger partial charge in [-0.15, -0.1) is 0 Å². The number of aliphatic hydroxyl groups is 1. The van der Waals surface area contributed by atoms with Crippen molar-refractivity contribution in [2.24, 2.45) is 0 Å². The van der Waals surface area contributed by atoms with Crippen molar-refractivity contribution in [2.75, 3.05) is 0 Å². The van der Waals surface area contributed by atoms with E-state index in [1.54, 1.807) is 6.92 Å². The molecule has 0 spiro atoms. The average Bonchev–Trinajstić information content (AvgIpc) is 2.25. The van der Waals surface area contributed by atoms with Crippen LogP contribution in [0.1, 0.15) is 58.1 Å². The summed E-state index contributed by atoms with van der Waals surface area (Å²) >= 11 is 0. The number of hydrogen-bond donors (Lipinski definition) is 1. The van der Waals surface area contributed by atoms with Crippen LogP contribution in [0.25, 0.3) is 0 Å². The average molecular weight is 302 g/mol. The zero-order valence-electron chi connectivity index (χ0n) is 13.2. The summed E-state index contributed by atoms with van der Waals surface area (Å²) in [6, 6.07) is 7.92. The number of benzene rings is 1. The number of halogens is 3. The zero-order valence-corrected chi connectivity index (χ0v) is 13.2. The highest BCUT2D eigenvalue weighted by Gasteiger charge is 2.29. The summed E-state index contributed by atoms with van der Waals surface area (Å²) in [5, 5.41) is 10.2. The Hall–Kier alpha value is -1.03. The normalized spacial score (nSPS) is 15.8. The van der Waals surface area contributed by atoms with Crippen LogP contribution < -0.4 is 0 Å². The second kappa shape index (κ2) is 6.39. The van der Waals surface area contributed by atoms with Gasteiger partial charge in [-0.05, 0) is 36.3 Å². The maximum absolute atomic E-state index is 12.1. The Labute approximate surface area is 125 Å². The first-order valence-corrected chi connectivity index (χ1v) is 7.28. The number of hydrogen-bond acceptors (Lipinski definition) is 1. The lowest BCUT2D eigenvalue weighted by atomic mass is 9.85. The summed E-state index contributed by atoms with van der Waals surface area (Å²) in [6.45, 7) is 7.96. The lowest BCUT2D eigenvalue weighted by Gasteiger charge is -2.24. The molecule has 1 rings (SSSR count). The molecular weight excluding hydrogens is 277 g/mol. The van der Waals surface area contributed by atoms with Crippen LogP contribution in [0.3, 0.4) is 0 Å². The minimum atomic E-state index is -4.15. The van der Waals surface area contributed by atoms with Gasteiger partial charge in [0.25, 0.3) is 0 Å². The quantitative estimate of drug-likeness (QED) is 0.810. The van der Waals surface area contributed by atoms with Gasteiger partial charge in [-0.1, -0.05) is 45.0 Å². The van der Waals surface area contributed by atoms with Crippen molar-refractivity contribution in [1.29, 1.82) is 0 Å². The minimum absolute atomic E-state index is 0.0451. The highest BCUT2D eigenvalue weighted by Crippen LogP contribution is 2.27. The Morgan fingerprint density at radius 2 is 1.43 bits per heavy atom. The standard InChI is InChI=1S/C17H25F3O/c1-15(2,3)14-8-6-13(7-9-14)12-16(4,21)10-5-11-17(18,19)20/h6-9,21H,5,10-12H2,1-4H3. The second-order valence-electron chi connectivity index (χ2n) is 7.09. The van der Waals surface area contributed by atoms with Gasteiger partial charge in [0, 0.05) is 12.8 Å². The summed E-state index contributed by atoms with van der Waals surface area (Å²) in [6.07, 6.45) is -4.52. The van der Waals surface area contributed by atoms with E-state index in [1.807, 2.05) is 24.3 Å². The molecule has 1 atom stereocenters. The molecule has 0 saturated carbocycles. The third kappa shape index (κ3) is 6.98. The van der Waals surface area contributed by atoms with E-state index in [0.29, 0.717) is 6.42 Å². The van der Waals surface area contributed by atoms with Gasteiger partial charge >= 0.3 is 6.18 Å². The zero-order chi connectivity index (χ0) is 16.3. The van der Waals surface area contributed by atoms with Gasteiger partial charge in [0.1, 0.15) is 0 Å². The fraction of sp³-hybridized carbons (Fsp3) is 0.647. The fourth-order valence-corrected chi connectivity index (χ4v) is 2.32. The van der Waals surface area contributed by atoms with Crippen LogP contribution in [0.5, 0.6) is 0 Å². The van der Waals surface area contributed by atoms with Gasteiger partial charge in [-0.25, -0.2) is 0 Å². The highest BCUT2D eigenvalue weighted by atomic mass is 19.4. The largest absolute Gasteiger partial charge is 0.390 e. The van der Waals surface area contributed by atoms with Crippen molar-refractivity contribution >= 4 is 0 Å². The topological polar surface area (TPSA) is 20.2 Å². The van der Waals surface area contributed by atoms with Gasteiger partial charge < -0.3 is 5.11 Å². The molecule has 0 heterocycles. The molecule has 0 bridgehead atoms. The molecule has 0 amide bonds. The van der Waals surface area contributed by atoms with E-state index in [4.69, 9.17) is 0 Å². The van der Waals surface area contributed by atoms with Gasteiger partial charge in [0.05, 0.1) is 5.60 Å². The summed E-state index contributed by atoms with van der Waals surface area (Å²) in [4.78, 5) is 0. The molecule has 4 heteroatoms. The van der Waals surface area contributed by atoms with E-state index in [9.17, 15) is 18.3 Å². The van der Waals surface area contributed by atoms with Gasteiger partial charge in [-0.3, -0.25) is 0 Å². The second-order valence-corrected chi connectivity index (χ2v) is 7.09. The van der Waals surface area contributed by atoms with Crippen LogP contribution in [0.2, 0.25) is 0 Å². The number of alkyl halides is 3. The molecule has 0 aromatic heterocycles. The van der Waals surface area contributed by atoms with Crippen molar-refractivity contribution in [1.82, 2.24) is 0 Å². The molecule has 0 radical (unpaired) electrons. The highest BCUT2D eigenvalue weighted by molar-refractivity contribution is 5.28. The SMILES string of the molecule is CC(O)(CCCC(F)(F)F)Cc1ccc(C(C)(C)C)cc1. The summed E-state index contributed by atoms with van der Waals surface area (Å²) in [5.74, 6) is 0. The minimum Gasteiger partial charge on any atom is -0.390 e. The predicted molar refractivity (Wildman–Crippen MR) is 79.4 cm³/mol. The molecule has 1 aromatic carbocycles. The first-order chi connectivity index (χ1) is 9.39. The maximum Gasteiger partial charge on any atom is 0.389 e. The smallest absolute Gasteiger partial charge is 0.389 e. The lowest BCUT2D eigenvalue weighted by molar-refractivity contribution is -0.137. The Morgan fingerprint density at radius 1 is 0.905 bits per heavy atom. The van der Waals surface area contributed by atoms with Crippen molar-refractivity contribution < 1.29 is 18.3 Å². The van der Waals surface area contributed by atoms with Crippen LogP contribution in [-0.2, 0) is 11.8 Å². The molecule has 120 valence electrons. The first kappa shape index (κ1) is 18.0. The van der Waals surface area contributed by atoms with E-state index in [-0.39, 0.29) is 18.3 Å². The molecule has 0 aliphatic carbocycles. The molecule has 1 nitrogen and oxygen atoms in total. The Balaban J connectivity index is 2.59.